The Hall–Kier alpha value is -0.910. The number of hydrogen-bond acceptors (Lipinski definition) is 4. The summed E-state index contributed by atoms with van der Waals surface area (Å²) in [5.74, 6) is 1.55. The highest BCUT2D eigenvalue weighted by molar-refractivity contribution is 7.99. The van der Waals surface area contributed by atoms with Crippen molar-refractivity contribution in [3.8, 4) is 5.75 Å². The number of nitrogens with zero attached hydrogens (tertiary/aromatic N) is 1. The van der Waals surface area contributed by atoms with Gasteiger partial charge in [-0.15, -0.1) is 0 Å². The minimum atomic E-state index is 0.150. The molecule has 1 aliphatic rings. The number of halogens is 1. The molecule has 0 bridgehead atoms. The second kappa shape index (κ2) is 9.28. The van der Waals surface area contributed by atoms with Crippen LogP contribution < -0.4 is 10.1 Å². The second-order valence-corrected chi connectivity index (χ2v) is 6.72. The number of rotatable bonds is 7. The Morgan fingerprint density at radius 1 is 1.36 bits per heavy atom. The minimum absolute atomic E-state index is 0.150. The van der Waals surface area contributed by atoms with Gasteiger partial charge in [-0.25, -0.2) is 0 Å². The molecule has 0 atom stereocenters. The van der Waals surface area contributed by atoms with Crippen LogP contribution in [0.15, 0.2) is 24.3 Å². The van der Waals surface area contributed by atoms with Gasteiger partial charge in [0.05, 0.1) is 5.75 Å². The third-order valence-corrected chi connectivity index (χ3v) is 4.52. The monoisotopic (exact) mass is 342 g/mol. The van der Waals surface area contributed by atoms with E-state index in [0.717, 1.165) is 43.2 Å². The summed E-state index contributed by atoms with van der Waals surface area (Å²) in [4.78, 5) is 14.0. The second-order valence-electron chi connectivity index (χ2n) is 5.42. The largest absolute Gasteiger partial charge is 0.492 e. The molecule has 1 N–H and O–H groups in total. The van der Waals surface area contributed by atoms with Crippen LogP contribution in [0.2, 0.25) is 5.02 Å². The van der Waals surface area contributed by atoms with E-state index in [-0.39, 0.29) is 5.91 Å². The van der Waals surface area contributed by atoms with Gasteiger partial charge >= 0.3 is 0 Å². The van der Waals surface area contributed by atoms with E-state index in [9.17, 15) is 4.79 Å². The van der Waals surface area contributed by atoms with Crippen LogP contribution >= 0.6 is 23.4 Å². The average Bonchev–Trinajstić information content (AvgIpc) is 2.51. The van der Waals surface area contributed by atoms with Crippen LogP contribution in [0.1, 0.15) is 12.8 Å². The maximum Gasteiger partial charge on any atom is 0.230 e. The lowest BCUT2D eigenvalue weighted by atomic mass is 10.1. The zero-order valence-electron chi connectivity index (χ0n) is 12.9. The maximum atomic E-state index is 11.6. The molecule has 1 heterocycles. The van der Waals surface area contributed by atoms with Crippen molar-refractivity contribution in [3.05, 3.63) is 29.3 Å². The Bertz CT molecular complexity index is 462. The first kappa shape index (κ1) is 17.4. The number of benzene rings is 1. The number of amides is 1. The number of nitrogens with one attached hydrogen (secondary N) is 1. The number of carbonyl (C=O) groups excluding carboxylic acids is 1. The lowest BCUT2D eigenvalue weighted by Crippen LogP contribution is -2.46. The molecule has 1 amide bonds. The molecule has 0 unspecified atom stereocenters. The molecule has 1 aromatic rings. The molecule has 0 radical (unpaired) electrons. The van der Waals surface area contributed by atoms with Crippen LogP contribution in [-0.2, 0) is 4.79 Å². The van der Waals surface area contributed by atoms with E-state index >= 15 is 0 Å². The molecule has 6 heteroatoms. The summed E-state index contributed by atoms with van der Waals surface area (Å²) >= 11 is 7.40. The van der Waals surface area contributed by atoms with Gasteiger partial charge in [0.25, 0.3) is 0 Å². The van der Waals surface area contributed by atoms with Gasteiger partial charge in [-0.1, -0.05) is 11.6 Å². The van der Waals surface area contributed by atoms with Crippen molar-refractivity contribution in [2.24, 2.45) is 0 Å². The summed E-state index contributed by atoms with van der Waals surface area (Å²) in [5.41, 5.74) is 0. The Morgan fingerprint density at radius 3 is 2.68 bits per heavy atom. The van der Waals surface area contributed by atoms with E-state index in [1.54, 1.807) is 11.8 Å². The smallest absolute Gasteiger partial charge is 0.230 e. The normalized spacial score (nSPS) is 16.5. The van der Waals surface area contributed by atoms with Gasteiger partial charge in [-0.05, 0) is 43.4 Å². The van der Waals surface area contributed by atoms with Crippen LogP contribution in [0, 0.1) is 0 Å². The molecule has 1 fully saturated rings. The molecule has 0 aliphatic carbocycles. The van der Waals surface area contributed by atoms with E-state index in [2.05, 4.69) is 10.2 Å². The third kappa shape index (κ3) is 6.07. The van der Waals surface area contributed by atoms with Crippen LogP contribution in [0.4, 0.5) is 0 Å². The summed E-state index contributed by atoms with van der Waals surface area (Å²) in [7, 11) is 0. The van der Waals surface area contributed by atoms with Crippen molar-refractivity contribution in [1.29, 1.82) is 0 Å². The van der Waals surface area contributed by atoms with Crippen LogP contribution in [0.3, 0.4) is 0 Å². The van der Waals surface area contributed by atoms with Crippen molar-refractivity contribution in [3.63, 3.8) is 0 Å². The van der Waals surface area contributed by atoms with Crippen LogP contribution in [-0.4, -0.2) is 55.1 Å². The van der Waals surface area contributed by atoms with Gasteiger partial charge in [-0.3, -0.25) is 9.69 Å². The lowest BCUT2D eigenvalue weighted by Gasteiger charge is -2.32. The number of likely N-dealkylation sites (tertiary alicyclic amines) is 1. The number of carbonyl (C=O) groups is 1. The lowest BCUT2D eigenvalue weighted by molar-refractivity contribution is -0.119. The molecular formula is C16H23ClN2O2S. The first-order valence-electron chi connectivity index (χ1n) is 7.56. The summed E-state index contributed by atoms with van der Waals surface area (Å²) in [6, 6.07) is 7.76. The molecule has 0 saturated carbocycles. The molecule has 0 spiro atoms. The molecule has 1 saturated heterocycles. The standard InChI is InChI=1S/C16H23ClN2O2S/c1-22-12-16(20)18-14-6-8-19(9-7-14)10-11-21-15-4-2-13(17)3-5-15/h2-5,14H,6-12H2,1H3,(H,18,20). The maximum absolute atomic E-state index is 11.6. The zero-order chi connectivity index (χ0) is 15.8. The van der Waals surface area contributed by atoms with Gasteiger partial charge in [0, 0.05) is 30.7 Å². The zero-order valence-corrected chi connectivity index (χ0v) is 14.5. The quantitative estimate of drug-likeness (QED) is 0.827. The van der Waals surface area contributed by atoms with E-state index in [0.29, 0.717) is 18.4 Å². The Kier molecular flexibility index (Phi) is 7.36. The first-order valence-corrected chi connectivity index (χ1v) is 9.33. The number of hydrogen-bond donors (Lipinski definition) is 1. The number of ether oxygens (including phenoxy) is 1. The Balaban J connectivity index is 1.61. The molecule has 22 heavy (non-hydrogen) atoms. The van der Waals surface area contributed by atoms with E-state index < -0.39 is 0 Å². The fraction of sp³-hybridized carbons (Fsp3) is 0.562. The Morgan fingerprint density at radius 2 is 2.05 bits per heavy atom. The minimum Gasteiger partial charge on any atom is -0.492 e. The molecule has 4 nitrogen and oxygen atoms in total. The fourth-order valence-corrected chi connectivity index (χ4v) is 3.00. The van der Waals surface area contributed by atoms with E-state index in [1.807, 2.05) is 30.5 Å². The molecule has 0 aromatic heterocycles. The average molecular weight is 343 g/mol. The third-order valence-electron chi connectivity index (χ3n) is 3.72. The summed E-state index contributed by atoms with van der Waals surface area (Å²) in [5, 5.41) is 3.82. The van der Waals surface area contributed by atoms with Gasteiger partial charge < -0.3 is 10.1 Å². The van der Waals surface area contributed by atoms with Crippen LogP contribution in [0.5, 0.6) is 5.75 Å². The van der Waals surface area contributed by atoms with Gasteiger partial charge in [0.2, 0.25) is 5.91 Å². The van der Waals surface area contributed by atoms with Crippen molar-refractivity contribution in [2.45, 2.75) is 18.9 Å². The number of thioether (sulfide) groups is 1. The SMILES string of the molecule is CSCC(=O)NC1CCN(CCOc2ccc(Cl)cc2)CC1. The first-order chi connectivity index (χ1) is 10.7. The molecule has 1 aliphatic heterocycles. The summed E-state index contributed by atoms with van der Waals surface area (Å²) < 4.78 is 5.71. The van der Waals surface area contributed by atoms with Crippen molar-refractivity contribution >= 4 is 29.3 Å². The van der Waals surface area contributed by atoms with Crippen molar-refractivity contribution in [2.75, 3.05) is 38.2 Å². The van der Waals surface area contributed by atoms with Crippen LogP contribution in [0.25, 0.3) is 0 Å². The molecule has 122 valence electrons. The molecule has 1 aromatic carbocycles. The van der Waals surface area contributed by atoms with Gasteiger partial charge in [0.15, 0.2) is 0 Å². The summed E-state index contributed by atoms with van der Waals surface area (Å²) in [6.45, 7) is 3.60. The predicted octanol–water partition coefficient (Wildman–Crippen LogP) is 2.66. The van der Waals surface area contributed by atoms with E-state index in [4.69, 9.17) is 16.3 Å². The van der Waals surface area contributed by atoms with Crippen molar-refractivity contribution in [1.82, 2.24) is 10.2 Å². The van der Waals surface area contributed by atoms with Gasteiger partial charge in [-0.2, -0.15) is 11.8 Å². The van der Waals surface area contributed by atoms with Gasteiger partial charge in [0.1, 0.15) is 12.4 Å². The highest BCUT2D eigenvalue weighted by Crippen LogP contribution is 2.16. The molecular weight excluding hydrogens is 320 g/mol. The highest BCUT2D eigenvalue weighted by Gasteiger charge is 2.20. The highest BCUT2D eigenvalue weighted by atomic mass is 35.5. The van der Waals surface area contributed by atoms with E-state index in [1.165, 1.54) is 0 Å². The predicted molar refractivity (Wildman–Crippen MR) is 92.9 cm³/mol. The summed E-state index contributed by atoms with van der Waals surface area (Å²) in [6.07, 6.45) is 3.98. The molecule has 2 rings (SSSR count). The fourth-order valence-electron chi connectivity index (χ4n) is 2.52. The Labute approximate surface area is 141 Å². The topological polar surface area (TPSA) is 41.6 Å². The number of piperidine rings is 1. The van der Waals surface area contributed by atoms with Crippen molar-refractivity contribution < 1.29 is 9.53 Å².